The van der Waals surface area contributed by atoms with E-state index in [1.807, 2.05) is 19.1 Å². The van der Waals surface area contributed by atoms with E-state index in [2.05, 4.69) is 9.97 Å². The molecule has 2 aliphatic carbocycles. The van der Waals surface area contributed by atoms with E-state index >= 15 is 0 Å². The summed E-state index contributed by atoms with van der Waals surface area (Å²) >= 11 is 9.74. The first kappa shape index (κ1) is 24.2. The summed E-state index contributed by atoms with van der Waals surface area (Å²) in [6.45, 7) is 2.22. The lowest BCUT2D eigenvalue weighted by Crippen LogP contribution is -2.10. The predicted molar refractivity (Wildman–Crippen MR) is 144 cm³/mol. The Morgan fingerprint density at radius 2 is 1.77 bits per heavy atom. The zero-order chi connectivity index (χ0) is 24.4. The van der Waals surface area contributed by atoms with E-state index in [0.29, 0.717) is 28.1 Å². The van der Waals surface area contributed by atoms with Gasteiger partial charge in [-0.1, -0.05) is 11.6 Å². The number of thiophene rings is 2. The molecule has 0 aliphatic heterocycles. The van der Waals surface area contributed by atoms with Crippen molar-refractivity contribution >= 4 is 55.5 Å². The van der Waals surface area contributed by atoms with Crippen LogP contribution in [0.4, 0.5) is 5.00 Å². The van der Waals surface area contributed by atoms with Crippen LogP contribution in [0.3, 0.4) is 0 Å². The van der Waals surface area contributed by atoms with Gasteiger partial charge in [-0.25, -0.2) is 14.8 Å². The smallest absolute Gasteiger partial charge is 0.341 e. The molecule has 0 unspecified atom stereocenters. The number of aromatic nitrogens is 3. The van der Waals surface area contributed by atoms with Crippen molar-refractivity contribution in [3.8, 4) is 11.4 Å². The van der Waals surface area contributed by atoms with Crippen molar-refractivity contribution in [2.45, 2.75) is 58.3 Å². The molecular weight excluding hydrogens is 500 g/mol. The summed E-state index contributed by atoms with van der Waals surface area (Å²) in [7, 11) is 0. The maximum Gasteiger partial charge on any atom is 0.341 e. The van der Waals surface area contributed by atoms with Gasteiger partial charge in [0.05, 0.1) is 17.6 Å². The highest BCUT2D eigenvalue weighted by atomic mass is 35.5. The molecule has 0 spiro atoms. The quantitative estimate of drug-likeness (QED) is 0.237. The van der Waals surface area contributed by atoms with E-state index in [-0.39, 0.29) is 5.97 Å². The predicted octanol–water partition coefficient (Wildman–Crippen LogP) is 6.67. The Kier molecular flexibility index (Phi) is 7.32. The molecule has 0 radical (unpaired) electrons. The lowest BCUT2D eigenvalue weighted by Gasteiger charge is -2.11. The van der Waals surface area contributed by atoms with Crippen molar-refractivity contribution in [1.82, 2.24) is 15.0 Å². The summed E-state index contributed by atoms with van der Waals surface area (Å²) in [5.41, 5.74) is 9.93. The summed E-state index contributed by atoms with van der Waals surface area (Å²) in [4.78, 5) is 28.7. The minimum absolute atomic E-state index is 0.255. The van der Waals surface area contributed by atoms with Crippen LogP contribution in [0.2, 0.25) is 5.15 Å². The Balaban J connectivity index is 0.000000152. The minimum Gasteiger partial charge on any atom is -0.462 e. The maximum absolute atomic E-state index is 11.7. The van der Waals surface area contributed by atoms with Crippen molar-refractivity contribution in [1.29, 1.82) is 0 Å². The van der Waals surface area contributed by atoms with Crippen LogP contribution in [-0.4, -0.2) is 27.5 Å². The average Bonchev–Trinajstić information content (AvgIpc) is 3.42. The van der Waals surface area contributed by atoms with Crippen molar-refractivity contribution in [3.05, 3.63) is 56.1 Å². The number of anilines is 1. The van der Waals surface area contributed by atoms with E-state index in [1.165, 1.54) is 34.6 Å². The molecule has 9 heteroatoms. The summed E-state index contributed by atoms with van der Waals surface area (Å²) in [6, 6.07) is 3.84. The first-order valence-electron chi connectivity index (χ1n) is 12.0. The van der Waals surface area contributed by atoms with E-state index < -0.39 is 0 Å². The molecule has 2 aliphatic rings. The van der Waals surface area contributed by atoms with Gasteiger partial charge in [0.2, 0.25) is 0 Å². The van der Waals surface area contributed by atoms with Crippen LogP contribution in [0.15, 0.2) is 24.5 Å². The highest BCUT2D eigenvalue weighted by Gasteiger charge is 2.25. The third-order valence-electron chi connectivity index (χ3n) is 6.37. The van der Waals surface area contributed by atoms with Gasteiger partial charge in [0.1, 0.15) is 15.0 Å². The second kappa shape index (κ2) is 10.6. The van der Waals surface area contributed by atoms with E-state index in [1.54, 1.807) is 35.1 Å². The molecular formula is C26H27ClN4O2S2. The topological polar surface area (TPSA) is 91.0 Å². The van der Waals surface area contributed by atoms with Crippen molar-refractivity contribution in [2.24, 2.45) is 0 Å². The number of carbonyl (C=O) groups excluding carboxylic acids is 1. The van der Waals surface area contributed by atoms with E-state index in [9.17, 15) is 4.79 Å². The Hall–Kier alpha value is -2.55. The highest BCUT2D eigenvalue weighted by Crippen LogP contribution is 2.39. The van der Waals surface area contributed by atoms with Crippen molar-refractivity contribution in [3.63, 3.8) is 0 Å². The van der Waals surface area contributed by atoms with Crippen molar-refractivity contribution in [2.75, 3.05) is 12.3 Å². The minimum atomic E-state index is -0.255. The molecule has 6 nitrogen and oxygen atoms in total. The van der Waals surface area contributed by atoms with Gasteiger partial charge in [-0.2, -0.15) is 0 Å². The maximum atomic E-state index is 11.7. The Morgan fingerprint density at radius 3 is 2.49 bits per heavy atom. The molecule has 0 atom stereocenters. The second-order valence-corrected chi connectivity index (χ2v) is 11.2. The number of rotatable bonds is 3. The number of hydrogen-bond donors (Lipinski definition) is 1. The zero-order valence-corrected chi connectivity index (χ0v) is 22.0. The van der Waals surface area contributed by atoms with Crippen LogP contribution in [-0.2, 0) is 30.4 Å². The molecule has 0 bridgehead atoms. The fraction of sp³-hybridized carbons (Fsp3) is 0.385. The van der Waals surface area contributed by atoms with Gasteiger partial charge in [0.15, 0.2) is 5.82 Å². The van der Waals surface area contributed by atoms with Gasteiger partial charge in [-0.15, -0.1) is 22.7 Å². The lowest BCUT2D eigenvalue weighted by atomic mass is 9.95. The largest absolute Gasteiger partial charge is 0.462 e. The number of carbonyl (C=O) groups is 1. The molecule has 4 heterocycles. The first-order chi connectivity index (χ1) is 17.1. The molecule has 2 N–H and O–H groups in total. The van der Waals surface area contributed by atoms with Gasteiger partial charge >= 0.3 is 5.97 Å². The average molecular weight is 527 g/mol. The Morgan fingerprint density at radius 1 is 1.06 bits per heavy atom. The molecule has 6 rings (SSSR count). The number of hydrogen-bond acceptors (Lipinski definition) is 8. The SMILES string of the molecule is CCOC(=O)c1c(N)sc2c1CCCC2.Clc1nc(-c2cccnc2)nc2sc3c(c12)CCCC3. The first-order valence-corrected chi connectivity index (χ1v) is 14.0. The number of halogens is 1. The van der Waals surface area contributed by atoms with Crippen LogP contribution in [0.25, 0.3) is 21.6 Å². The van der Waals surface area contributed by atoms with Gasteiger partial charge < -0.3 is 10.5 Å². The fourth-order valence-electron chi connectivity index (χ4n) is 4.75. The van der Waals surface area contributed by atoms with Crippen LogP contribution in [0.1, 0.15) is 63.8 Å². The molecule has 0 saturated carbocycles. The molecule has 35 heavy (non-hydrogen) atoms. The molecule has 0 aromatic carbocycles. The highest BCUT2D eigenvalue weighted by molar-refractivity contribution is 7.19. The number of nitrogen functional groups attached to an aromatic ring is 1. The summed E-state index contributed by atoms with van der Waals surface area (Å²) in [5.74, 6) is 0.406. The normalized spacial score (nSPS) is 14.6. The fourth-order valence-corrected chi connectivity index (χ4v) is 7.50. The second-order valence-electron chi connectivity index (χ2n) is 8.64. The summed E-state index contributed by atoms with van der Waals surface area (Å²) in [6.07, 6.45) is 12.6. The Bertz CT molecular complexity index is 1370. The van der Waals surface area contributed by atoms with Crippen LogP contribution < -0.4 is 5.73 Å². The zero-order valence-electron chi connectivity index (χ0n) is 19.6. The van der Waals surface area contributed by atoms with E-state index in [0.717, 1.165) is 53.4 Å². The van der Waals surface area contributed by atoms with Crippen LogP contribution in [0.5, 0.6) is 0 Å². The number of esters is 1. The molecule has 4 aromatic heterocycles. The molecule has 0 fully saturated rings. The molecule has 182 valence electrons. The third-order valence-corrected chi connectivity index (χ3v) is 8.95. The van der Waals surface area contributed by atoms with Crippen molar-refractivity contribution < 1.29 is 9.53 Å². The third kappa shape index (κ3) is 4.92. The van der Waals surface area contributed by atoms with Gasteiger partial charge in [-0.05, 0) is 81.5 Å². The summed E-state index contributed by atoms with van der Waals surface area (Å²) in [5, 5.41) is 2.27. The van der Waals surface area contributed by atoms with Gasteiger partial charge in [0, 0.05) is 27.7 Å². The number of nitrogens with zero attached hydrogens (tertiary/aromatic N) is 3. The van der Waals surface area contributed by atoms with E-state index in [4.69, 9.17) is 27.1 Å². The molecule has 0 amide bonds. The van der Waals surface area contributed by atoms with Gasteiger partial charge in [0.25, 0.3) is 0 Å². The molecule has 4 aromatic rings. The summed E-state index contributed by atoms with van der Waals surface area (Å²) < 4.78 is 5.02. The standard InChI is InChI=1S/C15H12ClN3S.C11H15NO2S/c16-13-12-10-5-1-2-6-11(10)20-15(12)19-14(18-13)9-4-3-7-17-8-9;1-2-14-11(13)9-7-5-3-4-6-8(7)15-10(9)12/h3-4,7-8H,1-2,5-6H2;2-6,12H2,1H3. The monoisotopic (exact) mass is 526 g/mol. The Labute approximate surface area is 217 Å². The number of pyridine rings is 1. The van der Waals surface area contributed by atoms with Crippen LogP contribution >= 0.6 is 34.3 Å². The number of nitrogens with two attached hydrogens (primary N) is 1. The number of ether oxygens (including phenoxy) is 1. The lowest BCUT2D eigenvalue weighted by molar-refractivity contribution is 0.0526. The number of fused-ring (bicyclic) bond motifs is 4. The van der Waals surface area contributed by atoms with Crippen LogP contribution in [0, 0.1) is 0 Å². The number of aryl methyl sites for hydroxylation is 3. The van der Waals surface area contributed by atoms with Gasteiger partial charge in [-0.3, -0.25) is 4.98 Å². The molecule has 0 saturated heterocycles.